The molecule has 20 heavy (non-hydrogen) atoms. The van der Waals surface area contributed by atoms with E-state index in [1.54, 1.807) is 0 Å². The summed E-state index contributed by atoms with van der Waals surface area (Å²) in [5.74, 6) is 2.40. The van der Waals surface area contributed by atoms with Crippen molar-refractivity contribution in [2.24, 2.45) is 11.8 Å². The van der Waals surface area contributed by atoms with Gasteiger partial charge in [-0.25, -0.2) is 4.79 Å². The summed E-state index contributed by atoms with van der Waals surface area (Å²) in [5.41, 5.74) is -0.488. The SMILES string of the molecule is COC(=O)C[C@@H]1CSCC[C@H]1CNC(=O)OC(C)(C)C. The number of esters is 1. The van der Waals surface area contributed by atoms with Crippen LogP contribution >= 0.6 is 11.8 Å². The van der Waals surface area contributed by atoms with Gasteiger partial charge in [0.25, 0.3) is 0 Å². The lowest BCUT2D eigenvalue weighted by molar-refractivity contribution is -0.142. The maximum Gasteiger partial charge on any atom is 0.407 e. The molecule has 0 aromatic rings. The predicted octanol–water partition coefficient (Wildman–Crippen LogP) is 2.44. The molecule has 0 saturated carbocycles. The lowest BCUT2D eigenvalue weighted by atomic mass is 9.88. The zero-order chi connectivity index (χ0) is 15.2. The Hall–Kier alpha value is -0.910. The first-order valence-corrected chi connectivity index (χ1v) is 8.08. The third-order valence-corrected chi connectivity index (χ3v) is 4.38. The molecule has 1 rings (SSSR count). The number of carbonyl (C=O) groups excluding carboxylic acids is 2. The minimum absolute atomic E-state index is 0.181. The third kappa shape index (κ3) is 6.50. The van der Waals surface area contributed by atoms with Crippen LogP contribution in [-0.2, 0) is 14.3 Å². The summed E-state index contributed by atoms with van der Waals surface area (Å²) in [4.78, 5) is 23.1. The minimum atomic E-state index is -0.488. The smallest absolute Gasteiger partial charge is 0.407 e. The van der Waals surface area contributed by atoms with Crippen molar-refractivity contribution in [1.29, 1.82) is 0 Å². The van der Waals surface area contributed by atoms with Crippen molar-refractivity contribution in [1.82, 2.24) is 5.32 Å². The van der Waals surface area contributed by atoms with E-state index in [0.717, 1.165) is 17.9 Å². The minimum Gasteiger partial charge on any atom is -0.469 e. The Bertz CT molecular complexity index is 341. The number of nitrogens with one attached hydrogen (secondary N) is 1. The van der Waals surface area contributed by atoms with Gasteiger partial charge < -0.3 is 14.8 Å². The van der Waals surface area contributed by atoms with Crippen LogP contribution in [0, 0.1) is 11.8 Å². The van der Waals surface area contributed by atoms with Gasteiger partial charge in [-0.2, -0.15) is 11.8 Å². The molecule has 5 nitrogen and oxygen atoms in total. The fourth-order valence-electron chi connectivity index (χ4n) is 2.16. The normalized spacial score (nSPS) is 23.0. The van der Waals surface area contributed by atoms with Crippen LogP contribution in [0.4, 0.5) is 4.79 Å². The molecule has 6 heteroatoms. The third-order valence-electron chi connectivity index (χ3n) is 3.20. The lowest BCUT2D eigenvalue weighted by Crippen LogP contribution is -2.39. The molecule has 1 heterocycles. The highest BCUT2D eigenvalue weighted by molar-refractivity contribution is 7.99. The highest BCUT2D eigenvalue weighted by Gasteiger charge is 2.28. The van der Waals surface area contributed by atoms with Gasteiger partial charge in [0.15, 0.2) is 0 Å². The van der Waals surface area contributed by atoms with Crippen molar-refractivity contribution < 1.29 is 19.1 Å². The van der Waals surface area contributed by atoms with Crippen LogP contribution in [0.5, 0.6) is 0 Å². The fraction of sp³-hybridized carbons (Fsp3) is 0.857. The molecule has 2 atom stereocenters. The summed E-state index contributed by atoms with van der Waals surface area (Å²) in [7, 11) is 1.41. The van der Waals surface area contributed by atoms with Gasteiger partial charge in [-0.3, -0.25) is 4.79 Å². The monoisotopic (exact) mass is 303 g/mol. The second-order valence-electron chi connectivity index (χ2n) is 6.05. The van der Waals surface area contributed by atoms with Gasteiger partial charge in [-0.1, -0.05) is 0 Å². The van der Waals surface area contributed by atoms with E-state index >= 15 is 0 Å². The van der Waals surface area contributed by atoms with Gasteiger partial charge in [0, 0.05) is 13.0 Å². The highest BCUT2D eigenvalue weighted by atomic mass is 32.2. The molecule has 0 aliphatic carbocycles. The van der Waals surface area contributed by atoms with E-state index < -0.39 is 11.7 Å². The quantitative estimate of drug-likeness (QED) is 0.808. The Balaban J connectivity index is 2.42. The summed E-state index contributed by atoms with van der Waals surface area (Å²) in [6, 6.07) is 0. The molecule has 1 fully saturated rings. The Labute approximate surface area is 125 Å². The van der Waals surface area contributed by atoms with Crippen molar-refractivity contribution in [2.75, 3.05) is 25.2 Å². The number of alkyl carbamates (subject to hydrolysis) is 1. The van der Waals surface area contributed by atoms with Crippen LogP contribution in [0.15, 0.2) is 0 Å². The Morgan fingerprint density at radius 3 is 2.60 bits per heavy atom. The molecular weight excluding hydrogens is 278 g/mol. The first-order valence-electron chi connectivity index (χ1n) is 6.93. The van der Waals surface area contributed by atoms with Crippen molar-refractivity contribution in [3.63, 3.8) is 0 Å². The second-order valence-corrected chi connectivity index (χ2v) is 7.20. The number of methoxy groups -OCH3 is 1. The summed E-state index contributed by atoms with van der Waals surface area (Å²) < 4.78 is 9.95. The van der Waals surface area contributed by atoms with Gasteiger partial charge >= 0.3 is 12.1 Å². The number of rotatable bonds is 4. The molecule has 0 radical (unpaired) electrons. The van der Waals surface area contributed by atoms with Crippen molar-refractivity contribution in [3.05, 3.63) is 0 Å². The van der Waals surface area contributed by atoms with E-state index in [1.165, 1.54) is 7.11 Å². The van der Waals surface area contributed by atoms with Gasteiger partial charge in [0.05, 0.1) is 7.11 Å². The number of thioether (sulfide) groups is 1. The number of ether oxygens (including phenoxy) is 2. The van der Waals surface area contributed by atoms with E-state index in [2.05, 4.69) is 5.32 Å². The van der Waals surface area contributed by atoms with E-state index in [1.807, 2.05) is 32.5 Å². The van der Waals surface area contributed by atoms with E-state index in [4.69, 9.17) is 9.47 Å². The van der Waals surface area contributed by atoms with Crippen LogP contribution in [-0.4, -0.2) is 42.8 Å². The maximum absolute atomic E-state index is 11.7. The molecule has 0 bridgehead atoms. The molecule has 1 N–H and O–H groups in total. The van der Waals surface area contributed by atoms with Crippen LogP contribution in [0.25, 0.3) is 0 Å². The Morgan fingerprint density at radius 1 is 1.30 bits per heavy atom. The van der Waals surface area contributed by atoms with Crippen LogP contribution in [0.1, 0.15) is 33.6 Å². The first kappa shape index (κ1) is 17.1. The van der Waals surface area contributed by atoms with Gasteiger partial charge in [0.1, 0.15) is 5.60 Å². The average molecular weight is 303 g/mol. The summed E-state index contributed by atoms with van der Waals surface area (Å²) >= 11 is 1.85. The molecule has 1 aliphatic heterocycles. The van der Waals surface area contributed by atoms with Crippen LogP contribution in [0.3, 0.4) is 0 Å². The average Bonchev–Trinajstić information content (AvgIpc) is 2.35. The molecule has 1 saturated heterocycles. The second kappa shape index (κ2) is 7.76. The number of hydrogen-bond donors (Lipinski definition) is 1. The van der Waals surface area contributed by atoms with E-state index in [0.29, 0.717) is 18.9 Å². The number of amides is 1. The molecule has 1 aliphatic rings. The fourth-order valence-corrected chi connectivity index (χ4v) is 3.49. The molecule has 0 aromatic heterocycles. The molecule has 0 spiro atoms. The van der Waals surface area contributed by atoms with Crippen molar-refractivity contribution in [3.8, 4) is 0 Å². The Kier molecular flexibility index (Phi) is 6.65. The molecule has 116 valence electrons. The largest absolute Gasteiger partial charge is 0.469 e. The predicted molar refractivity (Wildman–Crippen MR) is 79.8 cm³/mol. The van der Waals surface area contributed by atoms with Crippen LogP contribution < -0.4 is 5.32 Å². The van der Waals surface area contributed by atoms with Gasteiger partial charge in [-0.15, -0.1) is 0 Å². The number of carbonyl (C=O) groups is 2. The topological polar surface area (TPSA) is 64.6 Å². The zero-order valence-corrected chi connectivity index (χ0v) is 13.5. The van der Waals surface area contributed by atoms with Gasteiger partial charge in [0.2, 0.25) is 0 Å². The van der Waals surface area contributed by atoms with Crippen LogP contribution in [0.2, 0.25) is 0 Å². The molecule has 1 amide bonds. The molecular formula is C14H25NO4S. The number of hydrogen-bond acceptors (Lipinski definition) is 5. The summed E-state index contributed by atoms with van der Waals surface area (Å²) in [6.45, 7) is 6.06. The maximum atomic E-state index is 11.7. The standard InChI is InChI=1S/C14H25NO4S/c1-14(2,3)19-13(17)15-8-10-5-6-20-9-11(10)7-12(16)18-4/h10-11H,5-9H2,1-4H3,(H,15,17)/t10-,11+/m0/s1. The van der Waals surface area contributed by atoms with Crippen molar-refractivity contribution >= 4 is 23.8 Å². The summed E-state index contributed by atoms with van der Waals surface area (Å²) in [6.07, 6.45) is 1.03. The zero-order valence-electron chi connectivity index (χ0n) is 12.7. The van der Waals surface area contributed by atoms with E-state index in [-0.39, 0.29) is 11.9 Å². The Morgan fingerprint density at radius 2 is 2.00 bits per heavy atom. The highest BCUT2D eigenvalue weighted by Crippen LogP contribution is 2.30. The van der Waals surface area contributed by atoms with Gasteiger partial charge in [-0.05, 0) is 50.5 Å². The first-order chi connectivity index (χ1) is 9.31. The summed E-state index contributed by atoms with van der Waals surface area (Å²) in [5, 5.41) is 2.81. The lowest BCUT2D eigenvalue weighted by Gasteiger charge is -2.31. The van der Waals surface area contributed by atoms with Crippen molar-refractivity contribution in [2.45, 2.75) is 39.2 Å². The molecule has 0 aromatic carbocycles. The van der Waals surface area contributed by atoms with E-state index in [9.17, 15) is 9.59 Å². The molecule has 0 unspecified atom stereocenters.